The van der Waals surface area contributed by atoms with E-state index in [1.807, 2.05) is 42.5 Å². The summed E-state index contributed by atoms with van der Waals surface area (Å²) in [5, 5.41) is 2.76. The summed E-state index contributed by atoms with van der Waals surface area (Å²) in [7, 11) is 0. The number of rotatable bonds is 10. The number of hydrogen-bond acceptors (Lipinski definition) is 7. The molecular formula is C25H30N2O6. The number of amides is 1. The van der Waals surface area contributed by atoms with Gasteiger partial charge in [-0.2, -0.15) is 0 Å². The van der Waals surface area contributed by atoms with Crippen LogP contribution in [0.1, 0.15) is 18.9 Å². The number of ether oxygens (including phenoxy) is 4. The van der Waals surface area contributed by atoms with Crippen molar-refractivity contribution >= 4 is 23.4 Å². The molecule has 176 valence electrons. The van der Waals surface area contributed by atoms with Gasteiger partial charge in [0.2, 0.25) is 0 Å². The van der Waals surface area contributed by atoms with Crippen molar-refractivity contribution in [3.8, 4) is 5.75 Å². The zero-order valence-electron chi connectivity index (χ0n) is 18.8. The second-order valence-electron chi connectivity index (χ2n) is 7.29. The molecule has 0 atom stereocenters. The van der Waals surface area contributed by atoms with Gasteiger partial charge in [0.15, 0.2) is 0 Å². The van der Waals surface area contributed by atoms with Crippen LogP contribution >= 0.6 is 0 Å². The molecule has 1 fully saturated rings. The lowest BCUT2D eigenvalue weighted by Crippen LogP contribution is -2.36. The van der Waals surface area contributed by atoms with E-state index in [0.29, 0.717) is 31.1 Å². The predicted molar refractivity (Wildman–Crippen MR) is 126 cm³/mol. The number of carbonyl (C=O) groups is 2. The van der Waals surface area contributed by atoms with E-state index in [2.05, 4.69) is 10.2 Å². The summed E-state index contributed by atoms with van der Waals surface area (Å²) in [4.78, 5) is 25.7. The van der Waals surface area contributed by atoms with Gasteiger partial charge < -0.3 is 23.8 Å². The SMILES string of the molecule is CCC(=O)OC/C=C\COc1cc(N2CCOCC2)ccc1NC(=O)OCc1ccccc1. The van der Waals surface area contributed by atoms with Crippen LogP contribution in [0.2, 0.25) is 0 Å². The maximum absolute atomic E-state index is 12.4. The van der Waals surface area contributed by atoms with Gasteiger partial charge in [-0.3, -0.25) is 10.1 Å². The van der Waals surface area contributed by atoms with Gasteiger partial charge in [0.1, 0.15) is 25.6 Å². The van der Waals surface area contributed by atoms with Gasteiger partial charge in [-0.15, -0.1) is 0 Å². The van der Waals surface area contributed by atoms with Crippen LogP contribution in [0.15, 0.2) is 60.7 Å². The number of hydrogen-bond donors (Lipinski definition) is 1. The van der Waals surface area contributed by atoms with Crippen LogP contribution in [0, 0.1) is 0 Å². The van der Waals surface area contributed by atoms with Gasteiger partial charge in [0.25, 0.3) is 0 Å². The lowest BCUT2D eigenvalue weighted by molar-refractivity contribution is -0.141. The third-order valence-electron chi connectivity index (χ3n) is 4.92. The van der Waals surface area contributed by atoms with Gasteiger partial charge >= 0.3 is 12.1 Å². The topological polar surface area (TPSA) is 86.3 Å². The van der Waals surface area contributed by atoms with E-state index < -0.39 is 6.09 Å². The Kier molecular flexibility index (Phi) is 9.60. The Hall–Kier alpha value is -3.52. The molecule has 33 heavy (non-hydrogen) atoms. The summed E-state index contributed by atoms with van der Waals surface area (Å²) in [6.45, 7) is 5.28. The molecule has 1 N–H and O–H groups in total. The first-order chi connectivity index (χ1) is 16.2. The molecule has 0 spiro atoms. The van der Waals surface area contributed by atoms with Crippen LogP contribution in [0.4, 0.5) is 16.2 Å². The Morgan fingerprint density at radius 2 is 1.79 bits per heavy atom. The largest absolute Gasteiger partial charge is 0.487 e. The number of anilines is 2. The summed E-state index contributed by atoms with van der Waals surface area (Å²) in [6.07, 6.45) is 3.26. The fourth-order valence-corrected chi connectivity index (χ4v) is 3.14. The Labute approximate surface area is 194 Å². The number of carbonyl (C=O) groups excluding carboxylic acids is 2. The molecule has 0 unspecified atom stereocenters. The molecule has 0 radical (unpaired) electrons. The zero-order valence-corrected chi connectivity index (χ0v) is 18.8. The first kappa shape index (κ1) is 24.1. The van der Waals surface area contributed by atoms with Crippen molar-refractivity contribution in [2.24, 2.45) is 0 Å². The standard InChI is InChI=1S/C25H30N2O6/c1-2-24(28)32-15-7-6-14-31-23-18-21(27-12-16-30-17-13-27)10-11-22(23)26-25(29)33-19-20-8-4-3-5-9-20/h3-11,18H,2,12-17,19H2,1H3,(H,26,29)/b7-6-. The van der Waals surface area contributed by atoms with Crippen LogP contribution in [0.3, 0.4) is 0 Å². The molecule has 0 aliphatic carbocycles. The third-order valence-corrected chi connectivity index (χ3v) is 4.92. The van der Waals surface area contributed by atoms with E-state index in [4.69, 9.17) is 18.9 Å². The molecule has 0 bridgehead atoms. The molecule has 1 aliphatic heterocycles. The van der Waals surface area contributed by atoms with E-state index in [9.17, 15) is 9.59 Å². The minimum absolute atomic E-state index is 0.175. The van der Waals surface area contributed by atoms with Crippen molar-refractivity contribution in [3.63, 3.8) is 0 Å². The first-order valence-corrected chi connectivity index (χ1v) is 11.0. The van der Waals surface area contributed by atoms with E-state index in [1.54, 1.807) is 25.1 Å². The summed E-state index contributed by atoms with van der Waals surface area (Å²) >= 11 is 0. The van der Waals surface area contributed by atoms with Crippen LogP contribution in [0.5, 0.6) is 5.75 Å². The predicted octanol–water partition coefficient (Wildman–Crippen LogP) is 4.16. The fourth-order valence-electron chi connectivity index (χ4n) is 3.14. The molecule has 1 amide bonds. The molecule has 0 saturated carbocycles. The molecule has 1 aliphatic rings. The number of nitrogens with one attached hydrogen (secondary N) is 1. The monoisotopic (exact) mass is 454 g/mol. The Morgan fingerprint density at radius 3 is 2.55 bits per heavy atom. The lowest BCUT2D eigenvalue weighted by Gasteiger charge is -2.29. The molecular weight excluding hydrogens is 424 g/mol. The highest BCUT2D eigenvalue weighted by molar-refractivity contribution is 5.87. The summed E-state index contributed by atoms with van der Waals surface area (Å²) in [5.74, 6) is 0.269. The quantitative estimate of drug-likeness (QED) is 0.426. The van der Waals surface area contributed by atoms with E-state index in [1.165, 1.54) is 0 Å². The fraction of sp³-hybridized carbons (Fsp3) is 0.360. The van der Waals surface area contributed by atoms with E-state index >= 15 is 0 Å². The van der Waals surface area contributed by atoms with Gasteiger partial charge in [0.05, 0.1) is 18.9 Å². The summed E-state index contributed by atoms with van der Waals surface area (Å²) < 4.78 is 21.7. The molecule has 2 aromatic rings. The summed E-state index contributed by atoms with van der Waals surface area (Å²) in [6, 6.07) is 15.1. The highest BCUT2D eigenvalue weighted by Crippen LogP contribution is 2.31. The number of morpholine rings is 1. The maximum Gasteiger partial charge on any atom is 0.412 e. The molecule has 8 nitrogen and oxygen atoms in total. The lowest BCUT2D eigenvalue weighted by atomic mass is 10.2. The van der Waals surface area contributed by atoms with Gasteiger partial charge in [-0.25, -0.2) is 4.79 Å². The van der Waals surface area contributed by atoms with Crippen molar-refractivity contribution in [1.29, 1.82) is 0 Å². The Bertz CT molecular complexity index is 926. The highest BCUT2D eigenvalue weighted by atomic mass is 16.5. The molecule has 3 rings (SSSR count). The minimum atomic E-state index is -0.565. The van der Waals surface area contributed by atoms with Crippen molar-refractivity contribution in [3.05, 3.63) is 66.2 Å². The average Bonchev–Trinajstić information content (AvgIpc) is 2.86. The number of nitrogens with zero attached hydrogens (tertiary/aromatic N) is 1. The Balaban J connectivity index is 1.62. The molecule has 8 heteroatoms. The highest BCUT2D eigenvalue weighted by Gasteiger charge is 2.15. The molecule has 0 aromatic heterocycles. The van der Waals surface area contributed by atoms with Crippen LogP contribution in [-0.2, 0) is 25.6 Å². The second-order valence-corrected chi connectivity index (χ2v) is 7.29. The molecule has 1 heterocycles. The average molecular weight is 455 g/mol. The molecule has 1 saturated heterocycles. The third kappa shape index (κ3) is 8.16. The van der Waals surface area contributed by atoms with E-state index in [0.717, 1.165) is 24.3 Å². The maximum atomic E-state index is 12.4. The van der Waals surface area contributed by atoms with Gasteiger partial charge in [-0.1, -0.05) is 37.3 Å². The van der Waals surface area contributed by atoms with Crippen molar-refractivity contribution in [2.75, 3.05) is 49.7 Å². The van der Waals surface area contributed by atoms with Crippen molar-refractivity contribution < 1.29 is 28.5 Å². The number of benzene rings is 2. The minimum Gasteiger partial charge on any atom is -0.487 e. The van der Waals surface area contributed by atoms with Crippen molar-refractivity contribution in [2.45, 2.75) is 20.0 Å². The van der Waals surface area contributed by atoms with Gasteiger partial charge in [0, 0.05) is 31.3 Å². The second kappa shape index (κ2) is 13.1. The van der Waals surface area contributed by atoms with Crippen LogP contribution in [0.25, 0.3) is 0 Å². The smallest absolute Gasteiger partial charge is 0.412 e. The normalized spacial score (nSPS) is 13.5. The zero-order chi connectivity index (χ0) is 23.3. The van der Waals surface area contributed by atoms with Crippen LogP contribution < -0.4 is 15.0 Å². The Morgan fingerprint density at radius 1 is 1.03 bits per heavy atom. The van der Waals surface area contributed by atoms with Gasteiger partial charge in [-0.05, 0) is 29.8 Å². The van der Waals surface area contributed by atoms with Crippen LogP contribution in [-0.4, -0.2) is 51.6 Å². The van der Waals surface area contributed by atoms with Crippen molar-refractivity contribution in [1.82, 2.24) is 0 Å². The summed E-state index contributed by atoms with van der Waals surface area (Å²) in [5.41, 5.74) is 2.40. The first-order valence-electron chi connectivity index (χ1n) is 11.0. The molecule has 2 aromatic carbocycles. The van der Waals surface area contributed by atoms with E-state index in [-0.39, 0.29) is 25.8 Å². The number of esters is 1.